The zero-order chi connectivity index (χ0) is 18.4. The van der Waals surface area contributed by atoms with Gasteiger partial charge < -0.3 is 18.8 Å². The molecule has 0 bridgehead atoms. The summed E-state index contributed by atoms with van der Waals surface area (Å²) in [5.41, 5.74) is 2.99. The average molecular weight is 370 g/mol. The molecule has 0 saturated heterocycles. The minimum absolute atomic E-state index is 0.606. The summed E-state index contributed by atoms with van der Waals surface area (Å²) in [5.74, 6) is 1.66. The van der Waals surface area contributed by atoms with Gasteiger partial charge in [-0.3, -0.25) is 0 Å². The van der Waals surface area contributed by atoms with Gasteiger partial charge in [-0.2, -0.15) is 0 Å². The second-order valence-corrected chi connectivity index (χ2v) is 6.39. The van der Waals surface area contributed by atoms with Gasteiger partial charge in [-0.1, -0.05) is 12.1 Å². The highest BCUT2D eigenvalue weighted by Crippen LogP contribution is 2.30. The zero-order valence-electron chi connectivity index (χ0n) is 15.1. The van der Waals surface area contributed by atoms with E-state index in [1.165, 1.54) is 0 Å². The molecule has 0 amide bonds. The van der Waals surface area contributed by atoms with Crippen LogP contribution >= 0.6 is 11.3 Å². The van der Waals surface area contributed by atoms with Crippen molar-refractivity contribution in [3.8, 4) is 22.8 Å². The van der Waals surface area contributed by atoms with Crippen LogP contribution in [0.3, 0.4) is 0 Å². The highest BCUT2D eigenvalue weighted by atomic mass is 32.1. The molecule has 0 unspecified atom stereocenters. The molecule has 0 saturated carbocycles. The molecule has 5 nitrogen and oxygen atoms in total. The highest BCUT2D eigenvalue weighted by molar-refractivity contribution is 7.07. The molecule has 3 rings (SSSR count). The van der Waals surface area contributed by atoms with Crippen LogP contribution in [0.4, 0.5) is 5.69 Å². The molecule has 1 heterocycles. The molecule has 2 aromatic carbocycles. The summed E-state index contributed by atoms with van der Waals surface area (Å²) in [5, 5.41) is 2.11. The van der Waals surface area contributed by atoms with E-state index >= 15 is 0 Å². The van der Waals surface area contributed by atoms with Gasteiger partial charge in [0.25, 0.3) is 0 Å². The lowest BCUT2D eigenvalue weighted by atomic mass is 10.1. The molecule has 0 atom stereocenters. The van der Waals surface area contributed by atoms with E-state index in [1.54, 1.807) is 32.7 Å². The fourth-order valence-electron chi connectivity index (χ4n) is 2.66. The first kappa shape index (κ1) is 18.2. The van der Waals surface area contributed by atoms with Gasteiger partial charge >= 0.3 is 0 Å². The van der Waals surface area contributed by atoms with Gasteiger partial charge in [0.05, 0.1) is 32.2 Å². The molecule has 0 N–H and O–H groups in total. The minimum atomic E-state index is 0.606. The zero-order valence-corrected chi connectivity index (χ0v) is 16.0. The summed E-state index contributed by atoms with van der Waals surface area (Å²) in [6, 6.07) is 15.7. The lowest BCUT2D eigenvalue weighted by molar-refractivity contribution is 0.187. The number of rotatable bonds is 7. The second kappa shape index (κ2) is 8.69. The molecule has 6 heteroatoms. The first-order valence-electron chi connectivity index (χ1n) is 8.26. The molecule has 0 radical (unpaired) electrons. The maximum atomic E-state index is 5.53. The average Bonchev–Trinajstić information content (AvgIpc) is 3.09. The van der Waals surface area contributed by atoms with Crippen LogP contribution in [0.1, 0.15) is 0 Å². The Kier molecular flexibility index (Phi) is 6.09. The third kappa shape index (κ3) is 3.98. The van der Waals surface area contributed by atoms with Gasteiger partial charge in [-0.05, 0) is 36.4 Å². The van der Waals surface area contributed by atoms with Crippen molar-refractivity contribution in [1.29, 1.82) is 0 Å². The number of thiazole rings is 1. The van der Waals surface area contributed by atoms with Crippen molar-refractivity contribution in [2.75, 3.05) is 27.9 Å². The van der Waals surface area contributed by atoms with Crippen molar-refractivity contribution in [1.82, 2.24) is 4.57 Å². The largest absolute Gasteiger partial charge is 0.497 e. The Morgan fingerprint density at radius 2 is 1.73 bits per heavy atom. The van der Waals surface area contributed by atoms with Crippen molar-refractivity contribution in [2.45, 2.75) is 6.54 Å². The number of nitrogens with zero attached hydrogens (tertiary/aromatic N) is 2. The Bertz CT molecular complexity index is 913. The molecule has 26 heavy (non-hydrogen) atoms. The monoisotopic (exact) mass is 370 g/mol. The van der Waals surface area contributed by atoms with Gasteiger partial charge in [0.1, 0.15) is 11.5 Å². The van der Waals surface area contributed by atoms with Crippen molar-refractivity contribution in [2.24, 2.45) is 4.99 Å². The number of para-hydroxylation sites is 1. The molecule has 0 fully saturated rings. The van der Waals surface area contributed by atoms with Crippen LogP contribution in [0.5, 0.6) is 11.5 Å². The van der Waals surface area contributed by atoms with E-state index in [1.807, 2.05) is 42.5 Å². The first-order chi connectivity index (χ1) is 12.8. The Balaban J connectivity index is 2.08. The van der Waals surface area contributed by atoms with Gasteiger partial charge in [-0.25, -0.2) is 4.99 Å². The number of ether oxygens (including phenoxy) is 3. The smallest absolute Gasteiger partial charge is 0.190 e. The molecule has 0 aliphatic rings. The topological polar surface area (TPSA) is 45.0 Å². The number of benzene rings is 2. The van der Waals surface area contributed by atoms with E-state index in [9.17, 15) is 0 Å². The second-order valence-electron chi connectivity index (χ2n) is 5.56. The minimum Gasteiger partial charge on any atom is -0.497 e. The summed E-state index contributed by atoms with van der Waals surface area (Å²) < 4.78 is 18.2. The number of methoxy groups -OCH3 is 3. The number of aromatic nitrogens is 1. The van der Waals surface area contributed by atoms with Crippen molar-refractivity contribution in [3.05, 3.63) is 58.7 Å². The normalized spacial score (nSPS) is 11.6. The van der Waals surface area contributed by atoms with Crippen LogP contribution in [-0.4, -0.2) is 32.5 Å². The molecule has 3 aromatic rings. The van der Waals surface area contributed by atoms with E-state index in [2.05, 4.69) is 16.0 Å². The van der Waals surface area contributed by atoms with Gasteiger partial charge in [0, 0.05) is 24.6 Å². The Hall–Kier alpha value is -2.57. The summed E-state index contributed by atoms with van der Waals surface area (Å²) in [4.78, 5) is 5.71. The lowest BCUT2D eigenvalue weighted by Crippen LogP contribution is -2.18. The molecular weight excluding hydrogens is 348 g/mol. The maximum absolute atomic E-state index is 5.53. The van der Waals surface area contributed by atoms with Crippen molar-refractivity contribution in [3.63, 3.8) is 0 Å². The third-order valence-electron chi connectivity index (χ3n) is 4.00. The van der Waals surface area contributed by atoms with E-state index in [-0.39, 0.29) is 0 Å². The summed E-state index contributed by atoms with van der Waals surface area (Å²) in [7, 11) is 5.05. The Morgan fingerprint density at radius 3 is 2.42 bits per heavy atom. The summed E-state index contributed by atoms with van der Waals surface area (Å²) >= 11 is 1.60. The van der Waals surface area contributed by atoms with Gasteiger partial charge in [0.2, 0.25) is 0 Å². The molecular formula is C20H22N2O3S. The van der Waals surface area contributed by atoms with Crippen LogP contribution in [0.15, 0.2) is 58.9 Å². The van der Waals surface area contributed by atoms with Gasteiger partial charge in [0.15, 0.2) is 4.80 Å². The fourth-order valence-corrected chi connectivity index (χ4v) is 3.60. The molecule has 1 aromatic heterocycles. The quantitative estimate of drug-likeness (QED) is 0.629. The van der Waals surface area contributed by atoms with Crippen LogP contribution in [0, 0.1) is 0 Å². The predicted octanol–water partition coefficient (Wildman–Crippen LogP) is 4.11. The predicted molar refractivity (Wildman–Crippen MR) is 104 cm³/mol. The van der Waals surface area contributed by atoms with Crippen molar-refractivity contribution < 1.29 is 14.2 Å². The highest BCUT2D eigenvalue weighted by Gasteiger charge is 2.12. The molecule has 136 valence electrons. The van der Waals surface area contributed by atoms with Crippen LogP contribution in [-0.2, 0) is 11.3 Å². The number of hydrogen-bond acceptors (Lipinski definition) is 5. The SMILES string of the molecule is COCCn1c(-c2ccccc2OC)csc1=Nc1ccc(OC)cc1. The fraction of sp³-hybridized carbons (Fsp3) is 0.250. The Labute approximate surface area is 157 Å². The third-order valence-corrected chi connectivity index (χ3v) is 4.86. The van der Waals surface area contributed by atoms with E-state index < -0.39 is 0 Å². The number of hydrogen-bond donors (Lipinski definition) is 0. The van der Waals surface area contributed by atoms with Gasteiger partial charge in [-0.15, -0.1) is 11.3 Å². The summed E-state index contributed by atoms with van der Waals surface area (Å²) in [6.07, 6.45) is 0. The van der Waals surface area contributed by atoms with Crippen LogP contribution in [0.2, 0.25) is 0 Å². The summed E-state index contributed by atoms with van der Waals surface area (Å²) in [6.45, 7) is 1.32. The van der Waals surface area contributed by atoms with E-state index in [0.29, 0.717) is 13.2 Å². The molecule has 0 aliphatic heterocycles. The molecule has 0 spiro atoms. The van der Waals surface area contributed by atoms with E-state index in [0.717, 1.165) is 33.2 Å². The van der Waals surface area contributed by atoms with E-state index in [4.69, 9.17) is 19.2 Å². The van der Waals surface area contributed by atoms with Crippen molar-refractivity contribution >= 4 is 17.0 Å². The standard InChI is InChI=1S/C20H22N2O3S/c1-23-13-12-22-18(17-6-4-5-7-19(17)25-3)14-26-20(22)21-15-8-10-16(24-2)11-9-15/h4-11,14H,12-13H2,1-3H3. The lowest BCUT2D eigenvalue weighted by Gasteiger charge is -2.11. The molecule has 0 aliphatic carbocycles. The van der Waals surface area contributed by atoms with Crippen LogP contribution in [0.25, 0.3) is 11.3 Å². The first-order valence-corrected chi connectivity index (χ1v) is 9.14. The Morgan fingerprint density at radius 1 is 0.962 bits per heavy atom. The maximum Gasteiger partial charge on any atom is 0.190 e. The van der Waals surface area contributed by atoms with Crippen LogP contribution < -0.4 is 14.3 Å².